The zero-order chi connectivity index (χ0) is 23.3. The van der Waals surface area contributed by atoms with Crippen molar-refractivity contribution >= 4 is 27.0 Å². The van der Waals surface area contributed by atoms with Crippen LogP contribution in [0.1, 0.15) is 57.1 Å². The van der Waals surface area contributed by atoms with E-state index in [0.29, 0.717) is 50.6 Å². The number of halogens is 2. The molecule has 0 bridgehead atoms. The van der Waals surface area contributed by atoms with E-state index in [0.717, 1.165) is 6.07 Å². The van der Waals surface area contributed by atoms with Gasteiger partial charge in [-0.2, -0.15) is 4.98 Å². The predicted octanol–water partition coefficient (Wildman–Crippen LogP) is 2.04. The fourth-order valence-electron chi connectivity index (χ4n) is 4.71. The Balaban J connectivity index is 1.70. The molecule has 1 aliphatic carbocycles. The largest absolute Gasteiger partial charge is 0.388 e. The lowest BCUT2D eigenvalue weighted by atomic mass is 9.99. The van der Waals surface area contributed by atoms with Crippen molar-refractivity contribution in [1.29, 1.82) is 0 Å². The Morgan fingerprint density at radius 3 is 2.53 bits per heavy atom. The number of hydrogen-bond donors (Lipinski definition) is 2. The van der Waals surface area contributed by atoms with Gasteiger partial charge in [0.15, 0.2) is 0 Å². The van der Waals surface area contributed by atoms with Crippen molar-refractivity contribution in [3.63, 3.8) is 0 Å². The molecule has 2 aliphatic rings. The van der Waals surface area contributed by atoms with Crippen molar-refractivity contribution in [2.45, 2.75) is 63.1 Å². The average molecular weight is 472 g/mol. The summed E-state index contributed by atoms with van der Waals surface area (Å²) in [5, 5.41) is 14.2. The third kappa shape index (κ3) is 4.35. The molecule has 3 heterocycles. The van der Waals surface area contributed by atoms with Crippen LogP contribution in [0.15, 0.2) is 17.1 Å². The molecule has 2 N–H and O–H groups in total. The summed E-state index contributed by atoms with van der Waals surface area (Å²) < 4.78 is 53.1. The Kier molecular flexibility index (Phi) is 5.97. The standard InChI is InChI=1S/C20H27F2N5O4S/c1-20(29)7-3-4-15(20)27-17-12(10-14(16(21)22)18(27)28)11-23-19(25-17)24-13-5-8-26(9-6-13)32(2,30)31/h10-11,13,15-16,29H,3-9H2,1-2H3,(H,23,24,25)/t15-,20-/m1/s1. The van der Waals surface area contributed by atoms with E-state index in [-0.39, 0.29) is 17.6 Å². The normalized spacial score (nSPS) is 25.6. The minimum absolute atomic E-state index is 0.0689. The second-order valence-electron chi connectivity index (χ2n) is 8.89. The molecule has 0 unspecified atom stereocenters. The van der Waals surface area contributed by atoms with Gasteiger partial charge in [-0.3, -0.25) is 9.36 Å². The van der Waals surface area contributed by atoms with Crippen LogP contribution in [0.2, 0.25) is 0 Å². The number of hydrogen-bond acceptors (Lipinski definition) is 7. The lowest BCUT2D eigenvalue weighted by molar-refractivity contribution is 0.0261. The minimum atomic E-state index is -3.24. The van der Waals surface area contributed by atoms with Gasteiger partial charge >= 0.3 is 0 Å². The van der Waals surface area contributed by atoms with E-state index < -0.39 is 39.2 Å². The van der Waals surface area contributed by atoms with Crippen molar-refractivity contribution in [1.82, 2.24) is 18.8 Å². The third-order valence-electron chi connectivity index (χ3n) is 6.48. The first-order chi connectivity index (χ1) is 15.0. The second kappa shape index (κ2) is 8.31. The maximum Gasteiger partial charge on any atom is 0.269 e. The number of piperidine rings is 1. The third-order valence-corrected chi connectivity index (χ3v) is 7.79. The summed E-state index contributed by atoms with van der Waals surface area (Å²) in [5.41, 5.74) is -2.52. The van der Waals surface area contributed by atoms with Gasteiger partial charge in [0.05, 0.1) is 23.5 Å². The number of aliphatic hydroxyl groups is 1. The topological polar surface area (TPSA) is 117 Å². The van der Waals surface area contributed by atoms with Crippen LogP contribution < -0.4 is 10.9 Å². The quantitative estimate of drug-likeness (QED) is 0.685. The zero-order valence-electron chi connectivity index (χ0n) is 18.0. The first-order valence-electron chi connectivity index (χ1n) is 10.6. The molecule has 1 saturated carbocycles. The smallest absolute Gasteiger partial charge is 0.269 e. The van der Waals surface area contributed by atoms with Gasteiger partial charge < -0.3 is 10.4 Å². The first kappa shape index (κ1) is 23.0. The van der Waals surface area contributed by atoms with Crippen LogP contribution in [0.4, 0.5) is 14.7 Å². The Labute approximate surface area is 184 Å². The summed E-state index contributed by atoms with van der Waals surface area (Å²) in [7, 11) is -3.24. The van der Waals surface area contributed by atoms with Crippen LogP contribution in [0.3, 0.4) is 0 Å². The van der Waals surface area contributed by atoms with Crippen molar-refractivity contribution in [2.75, 3.05) is 24.7 Å². The van der Waals surface area contributed by atoms with Gasteiger partial charge in [0.25, 0.3) is 12.0 Å². The molecule has 2 aromatic heterocycles. The number of sulfonamides is 1. The second-order valence-corrected chi connectivity index (χ2v) is 10.9. The Morgan fingerprint density at radius 1 is 1.28 bits per heavy atom. The summed E-state index contributed by atoms with van der Waals surface area (Å²) >= 11 is 0. The van der Waals surface area contributed by atoms with Gasteiger partial charge in [0.2, 0.25) is 16.0 Å². The maximum absolute atomic E-state index is 13.5. The van der Waals surface area contributed by atoms with Crippen molar-refractivity contribution in [3.8, 4) is 0 Å². The molecule has 0 spiro atoms. The first-order valence-corrected chi connectivity index (χ1v) is 12.5. The van der Waals surface area contributed by atoms with E-state index in [1.54, 1.807) is 6.92 Å². The van der Waals surface area contributed by atoms with E-state index in [4.69, 9.17) is 0 Å². The van der Waals surface area contributed by atoms with Gasteiger partial charge in [0, 0.05) is 30.7 Å². The number of nitrogens with one attached hydrogen (secondary N) is 1. The van der Waals surface area contributed by atoms with Gasteiger partial charge in [-0.1, -0.05) is 0 Å². The lowest BCUT2D eigenvalue weighted by Gasteiger charge is -2.31. The number of rotatable bonds is 5. The molecule has 32 heavy (non-hydrogen) atoms. The van der Waals surface area contributed by atoms with Crippen LogP contribution in [0.5, 0.6) is 0 Å². The van der Waals surface area contributed by atoms with Crippen LogP contribution in [-0.2, 0) is 10.0 Å². The molecule has 2 aromatic rings. The van der Waals surface area contributed by atoms with E-state index in [1.165, 1.54) is 21.3 Å². The lowest BCUT2D eigenvalue weighted by Crippen LogP contribution is -2.42. The summed E-state index contributed by atoms with van der Waals surface area (Å²) in [6, 6.07) is 0.370. The van der Waals surface area contributed by atoms with Crippen LogP contribution in [0, 0.1) is 0 Å². The van der Waals surface area contributed by atoms with E-state index in [2.05, 4.69) is 15.3 Å². The number of fused-ring (bicyclic) bond motifs is 1. The fourth-order valence-corrected chi connectivity index (χ4v) is 5.58. The van der Waals surface area contributed by atoms with E-state index >= 15 is 0 Å². The summed E-state index contributed by atoms with van der Waals surface area (Å²) in [4.78, 5) is 21.6. The van der Waals surface area contributed by atoms with E-state index in [1.807, 2.05) is 0 Å². The Morgan fingerprint density at radius 2 is 1.97 bits per heavy atom. The van der Waals surface area contributed by atoms with Gasteiger partial charge in [-0.25, -0.2) is 26.5 Å². The van der Waals surface area contributed by atoms with Crippen molar-refractivity contribution < 1.29 is 22.3 Å². The Hall–Kier alpha value is -2.18. The van der Waals surface area contributed by atoms with Gasteiger partial charge in [0.1, 0.15) is 5.65 Å². The minimum Gasteiger partial charge on any atom is -0.388 e. The molecule has 1 aliphatic heterocycles. The maximum atomic E-state index is 13.5. The molecule has 176 valence electrons. The van der Waals surface area contributed by atoms with Crippen LogP contribution in [-0.4, -0.2) is 63.4 Å². The number of alkyl halides is 2. The zero-order valence-corrected chi connectivity index (χ0v) is 18.8. The summed E-state index contributed by atoms with van der Waals surface area (Å²) in [6.45, 7) is 2.35. The average Bonchev–Trinajstić information content (AvgIpc) is 3.05. The highest BCUT2D eigenvalue weighted by Crippen LogP contribution is 2.39. The Bertz CT molecular complexity index is 1180. The molecule has 0 aromatic carbocycles. The molecular formula is C20H27F2N5O4S. The molecule has 2 fully saturated rings. The number of nitrogens with zero attached hydrogens (tertiary/aromatic N) is 4. The monoisotopic (exact) mass is 471 g/mol. The predicted molar refractivity (Wildman–Crippen MR) is 115 cm³/mol. The molecule has 0 radical (unpaired) electrons. The molecule has 1 saturated heterocycles. The highest BCUT2D eigenvalue weighted by Gasteiger charge is 2.40. The highest BCUT2D eigenvalue weighted by atomic mass is 32.2. The van der Waals surface area contributed by atoms with Crippen LogP contribution >= 0.6 is 0 Å². The summed E-state index contributed by atoms with van der Waals surface area (Å²) in [6.07, 6.45) is 2.33. The van der Waals surface area contributed by atoms with Crippen LogP contribution in [0.25, 0.3) is 11.0 Å². The fraction of sp³-hybridized carbons (Fsp3) is 0.650. The molecule has 4 rings (SSSR count). The number of anilines is 1. The van der Waals surface area contributed by atoms with Crippen molar-refractivity contribution in [3.05, 3.63) is 28.2 Å². The van der Waals surface area contributed by atoms with Gasteiger partial charge in [-0.05, 0) is 45.1 Å². The summed E-state index contributed by atoms with van der Waals surface area (Å²) in [5.74, 6) is 0.228. The van der Waals surface area contributed by atoms with Gasteiger partial charge in [-0.15, -0.1) is 0 Å². The molecular weight excluding hydrogens is 444 g/mol. The number of pyridine rings is 1. The molecule has 2 atom stereocenters. The highest BCUT2D eigenvalue weighted by molar-refractivity contribution is 7.88. The molecule has 12 heteroatoms. The molecule has 9 nitrogen and oxygen atoms in total. The van der Waals surface area contributed by atoms with E-state index in [9.17, 15) is 27.1 Å². The number of aromatic nitrogens is 3. The SMILES string of the molecule is C[C@@]1(O)CCC[C@H]1n1c(=O)c(C(F)F)cc2cnc(NC3CCN(S(C)(=O)=O)CC3)nc21. The molecule has 0 amide bonds. The van der Waals surface area contributed by atoms with Crippen molar-refractivity contribution in [2.24, 2.45) is 0 Å².